The molecule has 1 aromatic rings. The molecule has 0 unspecified atom stereocenters. The van der Waals surface area contributed by atoms with Gasteiger partial charge in [0.25, 0.3) is 11.6 Å². The maximum absolute atomic E-state index is 13.3. The van der Waals surface area contributed by atoms with Gasteiger partial charge in [-0.1, -0.05) is 19.4 Å². The van der Waals surface area contributed by atoms with Gasteiger partial charge in [0, 0.05) is 12.1 Å². The van der Waals surface area contributed by atoms with Crippen molar-refractivity contribution in [3.63, 3.8) is 0 Å². The SMILES string of the molecule is CCCC1=NN(C(=O)COc2ccc(C)c(C)c2)[C@](O)(C(F)(F)F)C1. The Bertz CT molecular complexity index is 688. The van der Waals surface area contributed by atoms with Crippen LogP contribution in [-0.2, 0) is 4.79 Å². The van der Waals surface area contributed by atoms with Crippen molar-refractivity contribution >= 4 is 11.6 Å². The molecule has 5 nitrogen and oxygen atoms in total. The third kappa shape index (κ3) is 3.95. The van der Waals surface area contributed by atoms with E-state index in [9.17, 15) is 23.1 Å². The third-order valence-corrected chi connectivity index (χ3v) is 4.11. The van der Waals surface area contributed by atoms with Crippen molar-refractivity contribution in [3.8, 4) is 5.75 Å². The van der Waals surface area contributed by atoms with Crippen LogP contribution in [0.2, 0.25) is 0 Å². The summed E-state index contributed by atoms with van der Waals surface area (Å²) in [5.74, 6) is -0.687. The highest BCUT2D eigenvalue weighted by molar-refractivity contribution is 5.91. The summed E-state index contributed by atoms with van der Waals surface area (Å²) < 4.78 is 45.1. The number of benzene rings is 1. The molecule has 1 aromatic carbocycles. The van der Waals surface area contributed by atoms with E-state index in [1.165, 1.54) is 0 Å². The first-order valence-corrected chi connectivity index (χ1v) is 7.97. The fraction of sp³-hybridized carbons (Fsp3) is 0.529. The Labute approximate surface area is 144 Å². The Balaban J connectivity index is 2.15. The maximum atomic E-state index is 13.3. The van der Waals surface area contributed by atoms with E-state index in [-0.39, 0.29) is 17.1 Å². The van der Waals surface area contributed by atoms with Crippen LogP contribution < -0.4 is 4.74 Å². The number of carbonyl (C=O) groups excluding carboxylic acids is 1. The molecular formula is C17H21F3N2O3. The molecule has 0 spiro atoms. The van der Waals surface area contributed by atoms with E-state index in [1.54, 1.807) is 25.1 Å². The lowest BCUT2D eigenvalue weighted by Gasteiger charge is -2.32. The Morgan fingerprint density at radius 2 is 2.04 bits per heavy atom. The van der Waals surface area contributed by atoms with Gasteiger partial charge in [-0.15, -0.1) is 0 Å². The number of rotatable bonds is 5. The number of alkyl halides is 3. The highest BCUT2D eigenvalue weighted by Crippen LogP contribution is 2.40. The van der Waals surface area contributed by atoms with E-state index >= 15 is 0 Å². The van der Waals surface area contributed by atoms with Crippen molar-refractivity contribution in [2.45, 2.75) is 51.9 Å². The molecule has 0 saturated carbocycles. The average molecular weight is 358 g/mol. The maximum Gasteiger partial charge on any atom is 0.438 e. The van der Waals surface area contributed by atoms with Gasteiger partial charge < -0.3 is 9.84 Å². The van der Waals surface area contributed by atoms with Gasteiger partial charge >= 0.3 is 6.18 Å². The Morgan fingerprint density at radius 1 is 1.36 bits per heavy atom. The number of amides is 1. The second-order valence-electron chi connectivity index (χ2n) is 6.15. The Morgan fingerprint density at radius 3 is 2.60 bits per heavy atom. The van der Waals surface area contributed by atoms with Crippen LogP contribution in [0.25, 0.3) is 0 Å². The van der Waals surface area contributed by atoms with Gasteiger partial charge in [0.2, 0.25) is 0 Å². The molecule has 1 aliphatic rings. The van der Waals surface area contributed by atoms with Crippen molar-refractivity contribution in [2.75, 3.05) is 6.61 Å². The molecule has 0 bridgehead atoms. The zero-order valence-electron chi connectivity index (χ0n) is 14.4. The number of ether oxygens (including phenoxy) is 1. The van der Waals surface area contributed by atoms with Crippen molar-refractivity contribution < 1.29 is 27.8 Å². The molecule has 1 aliphatic heterocycles. The fourth-order valence-electron chi connectivity index (χ4n) is 2.54. The molecule has 8 heteroatoms. The van der Waals surface area contributed by atoms with Gasteiger partial charge in [0.15, 0.2) is 6.61 Å². The van der Waals surface area contributed by atoms with Crippen LogP contribution >= 0.6 is 0 Å². The minimum Gasteiger partial charge on any atom is -0.484 e. The van der Waals surface area contributed by atoms with Crippen LogP contribution in [0.5, 0.6) is 5.75 Å². The molecule has 0 radical (unpaired) electrons. The summed E-state index contributed by atoms with van der Waals surface area (Å²) in [6, 6.07) is 5.10. The molecule has 1 heterocycles. The van der Waals surface area contributed by atoms with E-state index in [0.717, 1.165) is 11.1 Å². The van der Waals surface area contributed by atoms with Crippen LogP contribution in [0.15, 0.2) is 23.3 Å². The highest BCUT2D eigenvalue weighted by Gasteiger charge is 2.63. The summed E-state index contributed by atoms with van der Waals surface area (Å²) in [5.41, 5.74) is -1.22. The summed E-state index contributed by atoms with van der Waals surface area (Å²) in [6.07, 6.45) is -4.91. The molecule has 138 valence electrons. The number of hydrazone groups is 1. The minimum atomic E-state index is -5.01. The number of carbonyl (C=O) groups is 1. The first-order valence-electron chi connectivity index (χ1n) is 7.97. The number of aliphatic hydroxyl groups is 1. The summed E-state index contributed by atoms with van der Waals surface area (Å²) in [7, 11) is 0. The normalized spacial score (nSPS) is 20.6. The smallest absolute Gasteiger partial charge is 0.438 e. The highest BCUT2D eigenvalue weighted by atomic mass is 19.4. The van der Waals surface area contributed by atoms with Crippen LogP contribution in [-0.4, -0.2) is 40.2 Å². The van der Waals surface area contributed by atoms with Crippen molar-refractivity contribution in [1.29, 1.82) is 0 Å². The third-order valence-electron chi connectivity index (χ3n) is 4.11. The Kier molecular flexibility index (Phi) is 5.41. The lowest BCUT2D eigenvalue weighted by molar-refractivity contribution is -0.302. The number of halogens is 3. The second kappa shape index (κ2) is 7.03. The van der Waals surface area contributed by atoms with Crippen LogP contribution in [0.4, 0.5) is 13.2 Å². The minimum absolute atomic E-state index is 0.110. The molecule has 0 fully saturated rings. The molecule has 2 rings (SSSR count). The van der Waals surface area contributed by atoms with Crippen molar-refractivity contribution in [2.24, 2.45) is 5.10 Å². The molecule has 0 aliphatic carbocycles. The van der Waals surface area contributed by atoms with Crippen LogP contribution in [0, 0.1) is 13.8 Å². The zero-order valence-corrected chi connectivity index (χ0v) is 14.4. The van der Waals surface area contributed by atoms with E-state index in [0.29, 0.717) is 12.2 Å². The molecule has 0 aromatic heterocycles. The zero-order chi connectivity index (χ0) is 18.8. The van der Waals surface area contributed by atoms with Gasteiger partial charge in [0.05, 0.1) is 0 Å². The first-order chi connectivity index (χ1) is 11.6. The van der Waals surface area contributed by atoms with Crippen LogP contribution in [0.3, 0.4) is 0 Å². The first kappa shape index (κ1) is 19.2. The van der Waals surface area contributed by atoms with E-state index < -0.39 is 30.8 Å². The standard InChI is InChI=1S/C17H21F3N2O3/c1-4-5-13-9-16(24,17(18,19)20)22(21-13)15(23)10-25-14-7-6-11(2)12(3)8-14/h6-8,24H,4-5,9-10H2,1-3H3/t16-/m1/s1. The Hall–Kier alpha value is -2.09. The number of aryl methyl sites for hydroxylation is 2. The topological polar surface area (TPSA) is 62.1 Å². The number of nitrogens with zero attached hydrogens (tertiary/aromatic N) is 2. The molecular weight excluding hydrogens is 337 g/mol. The van der Waals surface area contributed by atoms with Gasteiger partial charge in [-0.25, -0.2) is 0 Å². The van der Waals surface area contributed by atoms with E-state index in [1.807, 2.05) is 13.8 Å². The average Bonchev–Trinajstić information content (AvgIpc) is 2.86. The van der Waals surface area contributed by atoms with Crippen molar-refractivity contribution in [3.05, 3.63) is 29.3 Å². The monoisotopic (exact) mass is 358 g/mol. The molecule has 1 N–H and O–H groups in total. The van der Waals surface area contributed by atoms with Gasteiger partial charge in [-0.05, 0) is 43.5 Å². The van der Waals surface area contributed by atoms with Gasteiger partial charge in [-0.3, -0.25) is 4.79 Å². The predicted molar refractivity (Wildman–Crippen MR) is 86.2 cm³/mol. The van der Waals surface area contributed by atoms with Crippen LogP contribution in [0.1, 0.15) is 37.3 Å². The quantitative estimate of drug-likeness (QED) is 0.878. The lowest BCUT2D eigenvalue weighted by Crippen LogP contribution is -2.57. The predicted octanol–water partition coefficient (Wildman–Crippen LogP) is 3.32. The fourth-order valence-corrected chi connectivity index (χ4v) is 2.54. The lowest BCUT2D eigenvalue weighted by atomic mass is 10.0. The molecule has 25 heavy (non-hydrogen) atoms. The summed E-state index contributed by atoms with van der Waals surface area (Å²) >= 11 is 0. The second-order valence-corrected chi connectivity index (χ2v) is 6.15. The number of hydrogen-bond acceptors (Lipinski definition) is 4. The molecule has 1 amide bonds. The van der Waals surface area contributed by atoms with Gasteiger partial charge in [-0.2, -0.15) is 23.3 Å². The van der Waals surface area contributed by atoms with E-state index in [4.69, 9.17) is 4.74 Å². The number of hydrogen-bond donors (Lipinski definition) is 1. The molecule has 0 saturated heterocycles. The molecule has 1 atom stereocenters. The van der Waals surface area contributed by atoms with Gasteiger partial charge in [0.1, 0.15) is 5.75 Å². The summed E-state index contributed by atoms with van der Waals surface area (Å²) in [6.45, 7) is 4.89. The summed E-state index contributed by atoms with van der Waals surface area (Å²) in [4.78, 5) is 12.2. The summed E-state index contributed by atoms with van der Waals surface area (Å²) in [5, 5.41) is 13.8. The largest absolute Gasteiger partial charge is 0.484 e. The van der Waals surface area contributed by atoms with Crippen molar-refractivity contribution in [1.82, 2.24) is 5.01 Å². The van der Waals surface area contributed by atoms with E-state index in [2.05, 4.69) is 5.10 Å².